The molecule has 1 saturated heterocycles. The highest BCUT2D eigenvalue weighted by Crippen LogP contribution is 2.33. The zero-order valence-electron chi connectivity index (χ0n) is 16.5. The van der Waals surface area contributed by atoms with Crippen molar-refractivity contribution in [3.8, 4) is 0 Å². The van der Waals surface area contributed by atoms with Crippen LogP contribution < -0.4 is 10.2 Å². The highest BCUT2D eigenvalue weighted by molar-refractivity contribution is 7.14. The van der Waals surface area contributed by atoms with Crippen molar-refractivity contribution in [3.05, 3.63) is 39.9 Å². The lowest BCUT2D eigenvalue weighted by Crippen LogP contribution is -2.49. The van der Waals surface area contributed by atoms with Crippen LogP contribution in [0.5, 0.6) is 0 Å². The predicted molar refractivity (Wildman–Crippen MR) is 112 cm³/mol. The maximum atomic E-state index is 12.8. The molecular formula is C19H20ClF3N4O3S. The first kappa shape index (κ1) is 23.3. The quantitative estimate of drug-likeness (QED) is 0.640. The SMILES string of the molecule is CCOC(=O)c1ccsc1NC(=O)CN1CCN(c2ncc(C(F)(F)F)cc2Cl)CC1. The minimum absolute atomic E-state index is 0.0646. The third kappa shape index (κ3) is 5.86. The Morgan fingerprint density at radius 2 is 2.00 bits per heavy atom. The maximum absolute atomic E-state index is 12.8. The molecule has 31 heavy (non-hydrogen) atoms. The third-order valence-corrected chi connectivity index (χ3v) is 5.71. The lowest BCUT2D eigenvalue weighted by Gasteiger charge is -2.35. The molecule has 168 valence electrons. The Labute approximate surface area is 185 Å². The smallest absolute Gasteiger partial charge is 0.417 e. The monoisotopic (exact) mass is 476 g/mol. The van der Waals surface area contributed by atoms with Gasteiger partial charge >= 0.3 is 12.1 Å². The average Bonchev–Trinajstić information content (AvgIpc) is 3.16. The van der Waals surface area contributed by atoms with Crippen molar-refractivity contribution in [2.45, 2.75) is 13.1 Å². The second-order valence-corrected chi connectivity index (χ2v) is 8.05. The van der Waals surface area contributed by atoms with Crippen LogP contribution in [-0.2, 0) is 15.7 Å². The van der Waals surface area contributed by atoms with E-state index in [9.17, 15) is 22.8 Å². The van der Waals surface area contributed by atoms with Crippen LogP contribution >= 0.6 is 22.9 Å². The van der Waals surface area contributed by atoms with Crippen molar-refractivity contribution < 1.29 is 27.5 Å². The largest absolute Gasteiger partial charge is 0.462 e. The first-order chi connectivity index (χ1) is 14.7. The Bertz CT molecular complexity index is 946. The van der Waals surface area contributed by atoms with E-state index in [4.69, 9.17) is 16.3 Å². The Morgan fingerprint density at radius 3 is 2.61 bits per heavy atom. The van der Waals surface area contributed by atoms with Gasteiger partial charge in [0, 0.05) is 32.4 Å². The van der Waals surface area contributed by atoms with Crippen molar-refractivity contribution in [1.82, 2.24) is 9.88 Å². The van der Waals surface area contributed by atoms with Gasteiger partial charge in [0.2, 0.25) is 5.91 Å². The van der Waals surface area contributed by atoms with Gasteiger partial charge < -0.3 is 15.0 Å². The number of nitrogens with zero attached hydrogens (tertiary/aromatic N) is 3. The summed E-state index contributed by atoms with van der Waals surface area (Å²) in [5.74, 6) is -0.475. The zero-order chi connectivity index (χ0) is 22.6. The Morgan fingerprint density at radius 1 is 1.29 bits per heavy atom. The van der Waals surface area contributed by atoms with E-state index in [0.717, 1.165) is 12.3 Å². The van der Waals surface area contributed by atoms with E-state index in [0.29, 0.717) is 36.7 Å². The van der Waals surface area contributed by atoms with E-state index < -0.39 is 17.7 Å². The Balaban J connectivity index is 1.53. The lowest BCUT2D eigenvalue weighted by atomic mass is 10.2. The van der Waals surface area contributed by atoms with Crippen molar-refractivity contribution in [2.75, 3.05) is 49.5 Å². The van der Waals surface area contributed by atoms with E-state index in [1.807, 2.05) is 4.90 Å². The van der Waals surface area contributed by atoms with Crippen LogP contribution in [-0.4, -0.2) is 61.1 Å². The molecule has 1 amide bonds. The predicted octanol–water partition coefficient (Wildman–Crippen LogP) is 3.75. The number of rotatable bonds is 6. The van der Waals surface area contributed by atoms with Gasteiger partial charge in [0.15, 0.2) is 0 Å². The molecule has 0 bridgehead atoms. The number of thiophene rings is 1. The fraction of sp³-hybridized carbons (Fsp3) is 0.421. The topological polar surface area (TPSA) is 74.8 Å². The molecule has 1 aliphatic rings. The van der Waals surface area contributed by atoms with Gasteiger partial charge in [-0.3, -0.25) is 9.69 Å². The number of pyridine rings is 1. The molecule has 0 radical (unpaired) electrons. The molecule has 0 unspecified atom stereocenters. The molecule has 3 rings (SSSR count). The molecule has 2 aromatic rings. The molecule has 0 aromatic carbocycles. The fourth-order valence-corrected chi connectivity index (χ4v) is 4.16. The zero-order valence-corrected chi connectivity index (χ0v) is 18.1. The normalized spacial score (nSPS) is 15.1. The van der Waals surface area contributed by atoms with E-state index in [2.05, 4.69) is 10.3 Å². The summed E-state index contributed by atoms with van der Waals surface area (Å²) in [5.41, 5.74) is -0.583. The average molecular weight is 477 g/mol. The molecule has 12 heteroatoms. The van der Waals surface area contributed by atoms with Crippen molar-refractivity contribution in [1.29, 1.82) is 0 Å². The summed E-state index contributed by atoms with van der Waals surface area (Å²) in [6.07, 6.45) is -3.74. The van der Waals surface area contributed by atoms with Crippen molar-refractivity contribution in [2.24, 2.45) is 0 Å². The second-order valence-electron chi connectivity index (χ2n) is 6.72. The van der Waals surface area contributed by atoms with Crippen LogP contribution in [0.2, 0.25) is 5.02 Å². The van der Waals surface area contributed by atoms with E-state index in [-0.39, 0.29) is 29.9 Å². The minimum atomic E-state index is -4.50. The summed E-state index contributed by atoms with van der Waals surface area (Å²) >= 11 is 7.25. The Hall–Kier alpha value is -2.37. The van der Waals surface area contributed by atoms with E-state index in [1.54, 1.807) is 23.3 Å². The first-order valence-corrected chi connectivity index (χ1v) is 10.7. The molecule has 0 saturated carbocycles. The third-order valence-electron chi connectivity index (χ3n) is 4.60. The lowest BCUT2D eigenvalue weighted by molar-refractivity contribution is -0.137. The highest BCUT2D eigenvalue weighted by atomic mass is 35.5. The molecule has 3 heterocycles. The number of hydrogen-bond donors (Lipinski definition) is 1. The number of ether oxygens (including phenoxy) is 1. The van der Waals surface area contributed by atoms with Gasteiger partial charge in [-0.15, -0.1) is 11.3 Å². The van der Waals surface area contributed by atoms with Crippen molar-refractivity contribution in [3.63, 3.8) is 0 Å². The summed E-state index contributed by atoms with van der Waals surface area (Å²) in [6, 6.07) is 2.46. The molecule has 1 aliphatic heterocycles. The van der Waals surface area contributed by atoms with Gasteiger partial charge in [-0.25, -0.2) is 9.78 Å². The Kier molecular flexibility index (Phi) is 7.39. The number of amides is 1. The molecule has 0 aliphatic carbocycles. The highest BCUT2D eigenvalue weighted by Gasteiger charge is 2.32. The maximum Gasteiger partial charge on any atom is 0.417 e. The molecule has 0 atom stereocenters. The van der Waals surface area contributed by atoms with Crippen molar-refractivity contribution >= 4 is 45.6 Å². The summed E-state index contributed by atoms with van der Waals surface area (Å²) in [5, 5.41) is 4.80. The van der Waals surface area contributed by atoms with E-state index >= 15 is 0 Å². The van der Waals surface area contributed by atoms with Gasteiger partial charge in [-0.05, 0) is 24.4 Å². The van der Waals surface area contributed by atoms with Crippen LogP contribution in [0.25, 0.3) is 0 Å². The summed E-state index contributed by atoms with van der Waals surface area (Å²) in [7, 11) is 0. The number of halogens is 4. The standard InChI is InChI=1S/C19H20ClF3N4O3S/c1-2-30-18(29)13-3-8-31-17(13)25-15(28)11-26-4-6-27(7-5-26)16-14(20)9-12(10-24-16)19(21,22)23/h3,8-10H,2,4-7,11H2,1H3,(H,25,28). The van der Waals surface area contributed by atoms with Gasteiger partial charge in [0.05, 0.1) is 29.3 Å². The van der Waals surface area contributed by atoms with Crippen LogP contribution in [0, 0.1) is 0 Å². The number of carbonyl (C=O) groups excluding carboxylic acids is 2. The molecule has 1 fully saturated rings. The minimum Gasteiger partial charge on any atom is -0.462 e. The molecule has 1 N–H and O–H groups in total. The number of carbonyl (C=O) groups is 2. The number of piperazine rings is 1. The van der Waals surface area contributed by atoms with Crippen LogP contribution in [0.1, 0.15) is 22.8 Å². The number of alkyl halides is 3. The number of hydrogen-bond acceptors (Lipinski definition) is 7. The van der Waals surface area contributed by atoms with Gasteiger partial charge in [-0.2, -0.15) is 13.2 Å². The molecule has 7 nitrogen and oxygen atoms in total. The van der Waals surface area contributed by atoms with Crippen LogP contribution in [0.3, 0.4) is 0 Å². The number of aromatic nitrogens is 1. The second kappa shape index (κ2) is 9.84. The molecule has 2 aromatic heterocycles. The summed E-state index contributed by atoms with van der Waals surface area (Å²) in [4.78, 5) is 31.9. The van der Waals surface area contributed by atoms with Gasteiger partial charge in [0.25, 0.3) is 0 Å². The van der Waals surface area contributed by atoms with Crippen LogP contribution in [0.15, 0.2) is 23.7 Å². The molecule has 0 spiro atoms. The fourth-order valence-electron chi connectivity index (χ4n) is 3.08. The molecular weight excluding hydrogens is 457 g/mol. The van der Waals surface area contributed by atoms with Gasteiger partial charge in [-0.1, -0.05) is 11.6 Å². The summed E-state index contributed by atoms with van der Waals surface area (Å²) < 4.78 is 43.3. The number of nitrogens with one attached hydrogen (secondary N) is 1. The van der Waals surface area contributed by atoms with Crippen LogP contribution in [0.4, 0.5) is 24.0 Å². The van der Waals surface area contributed by atoms with Gasteiger partial charge in [0.1, 0.15) is 10.8 Å². The number of anilines is 2. The number of esters is 1. The van der Waals surface area contributed by atoms with E-state index in [1.165, 1.54) is 11.3 Å². The summed E-state index contributed by atoms with van der Waals surface area (Å²) in [6.45, 7) is 3.97. The first-order valence-electron chi connectivity index (χ1n) is 9.43.